The molecule has 0 fully saturated rings. The van der Waals surface area contributed by atoms with E-state index in [0.717, 1.165) is 0 Å². The van der Waals surface area contributed by atoms with Gasteiger partial charge in [0.2, 0.25) is 0 Å². The molecule has 4 nitrogen and oxygen atoms in total. The predicted molar refractivity (Wildman–Crippen MR) is 49.6 cm³/mol. The van der Waals surface area contributed by atoms with Crippen molar-refractivity contribution in [2.45, 2.75) is 13.8 Å². The van der Waals surface area contributed by atoms with E-state index < -0.39 is 12.3 Å². The van der Waals surface area contributed by atoms with Crippen LogP contribution >= 0.6 is 18.9 Å². The average molecular weight is 217 g/mol. The van der Waals surface area contributed by atoms with Crippen LogP contribution in [0.25, 0.3) is 0 Å². The van der Waals surface area contributed by atoms with E-state index in [-0.39, 0.29) is 13.2 Å². The zero-order chi connectivity index (χ0) is 9.85. The summed E-state index contributed by atoms with van der Waals surface area (Å²) in [5.74, 6) is 0. The Morgan fingerprint density at radius 1 is 1.42 bits per heavy atom. The van der Waals surface area contributed by atoms with Gasteiger partial charge in [-0.05, 0) is 0 Å². The summed E-state index contributed by atoms with van der Waals surface area (Å²) >= 11 is 5.20. The zero-order valence-corrected chi connectivity index (χ0v) is 9.06. The molecule has 0 heterocycles. The van der Waals surface area contributed by atoms with Crippen LogP contribution in [0, 0.1) is 0 Å². The van der Waals surface area contributed by atoms with Gasteiger partial charge in [-0.3, -0.25) is 0 Å². The molecule has 12 heavy (non-hydrogen) atoms. The molecule has 74 valence electrons. The molecule has 0 atom stereocenters. The quantitative estimate of drug-likeness (QED) is 0.566. The third-order valence-corrected chi connectivity index (χ3v) is 4.94. The van der Waals surface area contributed by atoms with Gasteiger partial charge in [-0.25, -0.2) is 0 Å². The van der Waals surface area contributed by atoms with E-state index in [0.29, 0.717) is 0 Å². The van der Waals surface area contributed by atoms with Crippen molar-refractivity contribution in [1.82, 2.24) is 0 Å². The van der Waals surface area contributed by atoms with Crippen molar-refractivity contribution in [3.63, 3.8) is 0 Å². The van der Waals surface area contributed by atoms with Crippen LogP contribution in [0.15, 0.2) is 0 Å². The van der Waals surface area contributed by atoms with Crippen LogP contribution in [0.5, 0.6) is 0 Å². The first-order chi connectivity index (χ1) is 5.35. The summed E-state index contributed by atoms with van der Waals surface area (Å²) in [6, 6.07) is 0. The molecule has 0 radical (unpaired) electrons. The molecule has 6 heteroatoms. The first-order valence-corrected chi connectivity index (χ1v) is 6.47. The van der Waals surface area contributed by atoms with Gasteiger partial charge in [-0.2, -0.15) is 0 Å². The monoisotopic (exact) mass is 216 g/mol. The third kappa shape index (κ3) is 2.64. The van der Waals surface area contributed by atoms with Gasteiger partial charge < -0.3 is 0 Å². The van der Waals surface area contributed by atoms with E-state index >= 15 is 0 Å². The van der Waals surface area contributed by atoms with Crippen molar-refractivity contribution in [1.29, 1.82) is 0 Å². The number of rotatable bonds is 5. The van der Waals surface area contributed by atoms with Crippen molar-refractivity contribution in [2.75, 3.05) is 19.9 Å². The van der Waals surface area contributed by atoms with E-state index in [9.17, 15) is 9.69 Å². The van der Waals surface area contributed by atoms with Crippen molar-refractivity contribution < 1.29 is 18.7 Å². The van der Waals surface area contributed by atoms with Gasteiger partial charge in [0, 0.05) is 0 Å². The fourth-order valence-electron chi connectivity index (χ4n) is 0.747. The van der Waals surface area contributed by atoms with E-state index in [4.69, 9.17) is 20.6 Å². The first kappa shape index (κ1) is 12.3. The normalized spacial score (nSPS) is 15.2. The second kappa shape index (κ2) is 3.99. The fourth-order valence-corrected chi connectivity index (χ4v) is 2.53. The minimum absolute atomic E-state index is 0.184. The van der Waals surface area contributed by atoms with Gasteiger partial charge in [-0.1, -0.05) is 0 Å². The molecule has 0 unspecified atom stereocenters. The minimum atomic E-state index is -4.17. The van der Waals surface area contributed by atoms with Crippen LogP contribution in [0.3, 0.4) is 0 Å². The Labute approximate surface area is 77.0 Å². The second-order valence-electron chi connectivity index (χ2n) is 2.40. The van der Waals surface area contributed by atoms with Crippen LogP contribution < -0.4 is 0 Å². The Balaban J connectivity index is 4.67. The molecule has 0 aromatic rings. The summed E-state index contributed by atoms with van der Waals surface area (Å²) in [7, 11) is -4.17. The Morgan fingerprint density at radius 3 is 1.92 bits per heavy atom. The summed E-state index contributed by atoms with van der Waals surface area (Å²) in [6.45, 7) is 4.89. The number of carbonyl (C=O) groups excluding carboxylic acids is 1. The molecule has 0 aliphatic heterocycles. The summed E-state index contributed by atoms with van der Waals surface area (Å²) in [4.78, 5) is 19.7. The van der Waals surface area contributed by atoms with E-state index in [1.807, 2.05) is 0 Å². The third-order valence-electron chi connectivity index (χ3n) is 1.26. The van der Waals surface area contributed by atoms with Gasteiger partial charge in [-0.15, -0.1) is 0 Å². The van der Waals surface area contributed by atoms with E-state index in [1.165, 1.54) is 6.66 Å². The summed E-state index contributed by atoms with van der Waals surface area (Å²) in [6.07, 6.45) is 0. The van der Waals surface area contributed by atoms with Crippen LogP contribution in [0.1, 0.15) is 13.8 Å². The Morgan fingerprint density at radius 2 is 1.75 bits per heavy atom. The van der Waals surface area contributed by atoms with E-state index in [1.54, 1.807) is 13.8 Å². The summed E-state index contributed by atoms with van der Waals surface area (Å²) in [5, 5.41) is 0. The fraction of sp³-hybridized carbons (Fsp3) is 0.833. The number of hydrogen-bond acceptors (Lipinski definition) is 4. The molecule has 0 rings (SSSR count). The van der Waals surface area contributed by atoms with Crippen LogP contribution in [0.2, 0.25) is 0 Å². The molecular weight excluding hydrogens is 202 g/mol. The maximum atomic E-state index is 10.9. The molecule has 1 N–H and O–H groups in total. The van der Waals surface area contributed by atoms with Crippen molar-refractivity contribution >= 4 is 23.9 Å². The molecule has 0 aromatic carbocycles. The van der Waals surface area contributed by atoms with Crippen LogP contribution in [-0.2, 0) is 9.05 Å². The predicted octanol–water partition coefficient (Wildman–Crippen LogP) is 2.34. The average Bonchev–Trinajstić information content (AvgIpc) is 1.87. The van der Waals surface area contributed by atoms with Gasteiger partial charge >= 0.3 is 76.3 Å². The van der Waals surface area contributed by atoms with Crippen LogP contribution in [-0.4, -0.2) is 29.8 Å². The van der Waals surface area contributed by atoms with Crippen molar-refractivity contribution in [3.8, 4) is 0 Å². The molecule has 0 spiro atoms. The van der Waals surface area contributed by atoms with Gasteiger partial charge in [0.15, 0.2) is 0 Å². The van der Waals surface area contributed by atoms with Crippen molar-refractivity contribution in [3.05, 3.63) is 0 Å². The van der Waals surface area contributed by atoms with E-state index in [2.05, 4.69) is 0 Å². The van der Waals surface area contributed by atoms with Gasteiger partial charge in [0.1, 0.15) is 0 Å². The number of hydrogen-bond donors (Lipinski definition) is 1. The maximum absolute atomic E-state index is 10.9. The summed E-state index contributed by atoms with van der Waals surface area (Å²) in [5.41, 5.74) is 0. The molecule has 0 saturated carbocycles. The first-order valence-electron chi connectivity index (χ1n) is 3.62. The Bertz CT molecular complexity index is 172. The van der Waals surface area contributed by atoms with Crippen LogP contribution in [0.4, 0.5) is 4.79 Å². The number of halogens is 1. The van der Waals surface area contributed by atoms with Crippen molar-refractivity contribution in [2.24, 2.45) is 0 Å². The Kier molecular flexibility index (Phi) is 4.08. The second-order valence-corrected chi connectivity index (χ2v) is 6.55. The molecule has 0 aliphatic rings. The molecular formula is C6H14ClO4P. The number of carbonyl (C=O) groups is 1. The van der Waals surface area contributed by atoms with Gasteiger partial charge in [0.05, 0.1) is 0 Å². The summed E-state index contributed by atoms with van der Waals surface area (Å²) < 4.78 is 9.80. The standard InChI is InChI=1S/C6H14ClO4P/c1-4-10-12(3,9,6(7)8)11-5-2/h9H,4-5H2,1-3H3. The molecule has 0 bridgehead atoms. The topological polar surface area (TPSA) is 55.8 Å². The molecule has 0 aliphatic carbocycles. The Hall–Kier alpha value is 0.270. The molecule has 0 aromatic heterocycles. The molecule has 0 amide bonds. The molecule has 0 saturated heterocycles. The van der Waals surface area contributed by atoms with Gasteiger partial charge in [0.25, 0.3) is 0 Å². The SMILES string of the molecule is CCOP(C)(O)(OCC)C(=O)Cl. The zero-order valence-electron chi connectivity index (χ0n) is 7.41.